The van der Waals surface area contributed by atoms with E-state index in [0.717, 1.165) is 11.0 Å². The largest absolute Gasteiger partial charge is 0.368 e. The van der Waals surface area contributed by atoms with Crippen LogP contribution < -0.4 is 11.1 Å². The zero-order valence-corrected chi connectivity index (χ0v) is 12.5. The number of hydrogen-bond donors (Lipinski definition) is 2. The van der Waals surface area contributed by atoms with Crippen LogP contribution in [0.15, 0.2) is 12.3 Å². The summed E-state index contributed by atoms with van der Waals surface area (Å²) in [5, 5.41) is 7.61. The molecule has 0 saturated carbocycles. The minimum Gasteiger partial charge on any atom is -0.368 e. The van der Waals surface area contributed by atoms with Crippen LogP contribution in [-0.2, 0) is 4.79 Å². The van der Waals surface area contributed by atoms with Gasteiger partial charge in [0.05, 0.1) is 17.5 Å². The molecule has 0 radical (unpaired) electrons. The number of hydrogen-bond acceptors (Lipinski definition) is 4. The number of nitrogens with two attached hydrogens (primary N) is 1. The predicted octanol–water partition coefficient (Wildman–Crippen LogP) is 0.924. The Morgan fingerprint density at radius 2 is 2.00 bits per heavy atom. The molecule has 1 unspecified atom stereocenters. The number of aromatic nitrogens is 3. The highest BCUT2D eigenvalue weighted by Crippen LogP contribution is 2.19. The van der Waals surface area contributed by atoms with Gasteiger partial charge in [-0.1, -0.05) is 0 Å². The van der Waals surface area contributed by atoms with Gasteiger partial charge in [0.15, 0.2) is 5.65 Å². The lowest BCUT2D eigenvalue weighted by atomic mass is 10.1. The van der Waals surface area contributed by atoms with Gasteiger partial charge in [-0.15, -0.1) is 0 Å². The molecule has 2 heterocycles. The molecule has 0 saturated heterocycles. The van der Waals surface area contributed by atoms with E-state index in [4.69, 9.17) is 5.73 Å². The lowest BCUT2D eigenvalue weighted by molar-refractivity contribution is -0.119. The molecule has 0 fully saturated rings. The second kappa shape index (κ2) is 5.51. The van der Waals surface area contributed by atoms with Crippen molar-refractivity contribution in [2.75, 3.05) is 0 Å². The van der Waals surface area contributed by atoms with Crippen LogP contribution in [0.4, 0.5) is 0 Å². The maximum atomic E-state index is 12.2. The van der Waals surface area contributed by atoms with Gasteiger partial charge in [-0.2, -0.15) is 5.10 Å². The Balaban J connectivity index is 2.40. The Hall–Kier alpha value is -2.44. The molecule has 3 N–H and O–H groups in total. The smallest absolute Gasteiger partial charge is 0.253 e. The lowest BCUT2D eigenvalue weighted by Gasteiger charge is -2.12. The summed E-state index contributed by atoms with van der Waals surface area (Å²) in [5.41, 5.74) is 6.88. The topological polar surface area (TPSA) is 103 Å². The van der Waals surface area contributed by atoms with E-state index in [2.05, 4.69) is 15.4 Å². The molecule has 7 heteroatoms. The first-order chi connectivity index (χ1) is 9.81. The van der Waals surface area contributed by atoms with Gasteiger partial charge in [0.1, 0.15) is 6.04 Å². The van der Waals surface area contributed by atoms with Gasteiger partial charge in [0.2, 0.25) is 5.91 Å². The van der Waals surface area contributed by atoms with Crippen molar-refractivity contribution in [3.8, 4) is 0 Å². The van der Waals surface area contributed by atoms with Crippen LogP contribution in [0.3, 0.4) is 0 Å². The first kappa shape index (κ1) is 15.0. The van der Waals surface area contributed by atoms with E-state index < -0.39 is 11.9 Å². The molecule has 1 atom stereocenters. The highest BCUT2D eigenvalue weighted by molar-refractivity contribution is 6.00. The van der Waals surface area contributed by atoms with E-state index >= 15 is 0 Å². The zero-order chi connectivity index (χ0) is 15.7. The Morgan fingerprint density at radius 3 is 2.57 bits per heavy atom. The number of fused-ring (bicyclic) bond motifs is 1. The Morgan fingerprint density at radius 1 is 1.33 bits per heavy atom. The molecule has 21 heavy (non-hydrogen) atoms. The highest BCUT2D eigenvalue weighted by atomic mass is 16.2. The molecule has 0 aliphatic carbocycles. The summed E-state index contributed by atoms with van der Waals surface area (Å²) in [6.45, 7) is 7.32. The van der Waals surface area contributed by atoms with Crippen LogP contribution in [0.5, 0.6) is 0 Å². The third kappa shape index (κ3) is 2.86. The molecule has 2 aromatic heterocycles. The molecule has 0 aliphatic heterocycles. The monoisotopic (exact) mass is 289 g/mol. The molecule has 0 bridgehead atoms. The van der Waals surface area contributed by atoms with Crippen molar-refractivity contribution >= 4 is 22.8 Å². The predicted molar refractivity (Wildman–Crippen MR) is 78.8 cm³/mol. The molecule has 0 aromatic carbocycles. The van der Waals surface area contributed by atoms with Crippen LogP contribution in [-0.4, -0.2) is 32.6 Å². The standard InChI is InChI=1S/C14H19N5O2/c1-7(2)19-13-10(6-16-19)5-11(8(3)17-13)14(21)18-9(4)12(15)20/h5-7,9H,1-4H3,(H2,15,20)(H,18,21). The summed E-state index contributed by atoms with van der Waals surface area (Å²) in [6, 6.07) is 1.18. The number of rotatable bonds is 4. The third-order valence-corrected chi connectivity index (χ3v) is 3.27. The third-order valence-electron chi connectivity index (χ3n) is 3.27. The van der Waals surface area contributed by atoms with Crippen molar-refractivity contribution in [1.29, 1.82) is 0 Å². The average molecular weight is 289 g/mol. The number of amides is 2. The van der Waals surface area contributed by atoms with Crippen molar-refractivity contribution in [3.05, 3.63) is 23.5 Å². The van der Waals surface area contributed by atoms with E-state index in [0.29, 0.717) is 11.3 Å². The number of aryl methyl sites for hydroxylation is 1. The van der Waals surface area contributed by atoms with Crippen LogP contribution in [0.25, 0.3) is 11.0 Å². The van der Waals surface area contributed by atoms with Gasteiger partial charge in [-0.3, -0.25) is 9.59 Å². The summed E-state index contributed by atoms with van der Waals surface area (Å²) >= 11 is 0. The summed E-state index contributed by atoms with van der Waals surface area (Å²) < 4.78 is 1.80. The van der Waals surface area contributed by atoms with E-state index in [1.807, 2.05) is 13.8 Å². The van der Waals surface area contributed by atoms with Crippen LogP contribution >= 0.6 is 0 Å². The number of carbonyl (C=O) groups is 2. The summed E-state index contributed by atoms with van der Waals surface area (Å²) in [5.74, 6) is -0.951. The quantitative estimate of drug-likeness (QED) is 0.873. The second-order valence-electron chi connectivity index (χ2n) is 5.31. The van der Waals surface area contributed by atoms with Gasteiger partial charge in [-0.25, -0.2) is 9.67 Å². The van der Waals surface area contributed by atoms with Crippen LogP contribution in [0, 0.1) is 6.92 Å². The molecule has 112 valence electrons. The minimum atomic E-state index is -0.731. The fourth-order valence-electron chi connectivity index (χ4n) is 2.02. The summed E-state index contributed by atoms with van der Waals surface area (Å²) in [7, 11) is 0. The van der Waals surface area contributed by atoms with Crippen molar-refractivity contribution in [2.24, 2.45) is 5.73 Å². The molecule has 7 nitrogen and oxygen atoms in total. The minimum absolute atomic E-state index is 0.184. The van der Waals surface area contributed by atoms with E-state index in [1.165, 1.54) is 6.92 Å². The first-order valence-corrected chi connectivity index (χ1v) is 6.76. The van der Waals surface area contributed by atoms with Gasteiger partial charge in [0, 0.05) is 11.4 Å². The lowest BCUT2D eigenvalue weighted by Crippen LogP contribution is -2.42. The zero-order valence-electron chi connectivity index (χ0n) is 12.5. The van der Waals surface area contributed by atoms with Crippen molar-refractivity contribution < 1.29 is 9.59 Å². The van der Waals surface area contributed by atoms with Gasteiger partial charge in [-0.05, 0) is 33.8 Å². The average Bonchev–Trinajstić information content (AvgIpc) is 2.80. The first-order valence-electron chi connectivity index (χ1n) is 6.76. The Kier molecular flexibility index (Phi) is 3.93. The van der Waals surface area contributed by atoms with E-state index in [9.17, 15) is 9.59 Å². The molecule has 0 spiro atoms. The molecule has 2 rings (SSSR count). The fraction of sp³-hybridized carbons (Fsp3) is 0.429. The maximum Gasteiger partial charge on any atom is 0.253 e. The molecule has 0 aliphatic rings. The molecular formula is C14H19N5O2. The summed E-state index contributed by atoms with van der Waals surface area (Å²) in [6.07, 6.45) is 1.68. The van der Waals surface area contributed by atoms with Gasteiger partial charge < -0.3 is 11.1 Å². The van der Waals surface area contributed by atoms with E-state index in [-0.39, 0.29) is 11.9 Å². The molecule has 2 aromatic rings. The van der Waals surface area contributed by atoms with Gasteiger partial charge >= 0.3 is 0 Å². The Labute approximate surface area is 122 Å². The molecule has 2 amide bonds. The van der Waals surface area contributed by atoms with Crippen molar-refractivity contribution in [1.82, 2.24) is 20.1 Å². The van der Waals surface area contributed by atoms with Crippen LogP contribution in [0.1, 0.15) is 42.9 Å². The SMILES string of the molecule is Cc1nc2c(cnn2C(C)C)cc1C(=O)NC(C)C(N)=O. The maximum absolute atomic E-state index is 12.2. The van der Waals surface area contributed by atoms with Crippen molar-refractivity contribution in [2.45, 2.75) is 39.8 Å². The molecular weight excluding hydrogens is 270 g/mol. The number of nitrogens with one attached hydrogen (secondary N) is 1. The Bertz CT molecular complexity index is 705. The number of nitrogens with zero attached hydrogens (tertiary/aromatic N) is 3. The van der Waals surface area contributed by atoms with Gasteiger partial charge in [0.25, 0.3) is 5.91 Å². The normalized spacial score (nSPS) is 12.6. The number of carbonyl (C=O) groups excluding carboxylic acids is 2. The number of pyridine rings is 1. The highest BCUT2D eigenvalue weighted by Gasteiger charge is 2.18. The second-order valence-corrected chi connectivity index (χ2v) is 5.31. The number of primary amides is 1. The van der Waals surface area contributed by atoms with Crippen LogP contribution in [0.2, 0.25) is 0 Å². The summed E-state index contributed by atoms with van der Waals surface area (Å²) in [4.78, 5) is 27.7. The van der Waals surface area contributed by atoms with E-state index in [1.54, 1.807) is 23.9 Å². The van der Waals surface area contributed by atoms with Crippen molar-refractivity contribution in [3.63, 3.8) is 0 Å². The fourth-order valence-corrected chi connectivity index (χ4v) is 2.02.